The zero-order valence-corrected chi connectivity index (χ0v) is 25.3. The Morgan fingerprint density at radius 3 is 2.37 bits per heavy atom. The van der Waals surface area contributed by atoms with Crippen molar-refractivity contribution in [2.75, 3.05) is 19.7 Å². The van der Waals surface area contributed by atoms with E-state index < -0.39 is 17.3 Å². The molecule has 1 aromatic heterocycles. The minimum atomic E-state index is -0.894. The van der Waals surface area contributed by atoms with Crippen molar-refractivity contribution in [3.05, 3.63) is 5.76 Å². The second-order valence-electron chi connectivity index (χ2n) is 14.1. The third-order valence-electron chi connectivity index (χ3n) is 10.4. The van der Waals surface area contributed by atoms with Crippen molar-refractivity contribution in [1.82, 2.24) is 15.4 Å². The van der Waals surface area contributed by atoms with E-state index in [9.17, 15) is 19.5 Å². The number of rotatable bonds is 9. The van der Waals surface area contributed by atoms with Gasteiger partial charge in [0.15, 0.2) is 0 Å². The predicted octanol–water partition coefficient (Wildman–Crippen LogP) is 5.38. The van der Waals surface area contributed by atoms with Gasteiger partial charge in [-0.15, -0.1) is 11.8 Å². The second-order valence-corrected chi connectivity index (χ2v) is 15.4. The number of thioether (sulfide) groups is 1. The number of aromatic nitrogens is 1. The maximum atomic E-state index is 13.7. The highest BCUT2D eigenvalue weighted by molar-refractivity contribution is 8.00. The first-order valence-electron chi connectivity index (χ1n) is 15.8. The lowest BCUT2D eigenvalue weighted by Gasteiger charge is -2.54. The number of piperidine rings is 1. The molecular weight excluding hydrogens is 542 g/mol. The van der Waals surface area contributed by atoms with Crippen molar-refractivity contribution in [3.8, 4) is 5.88 Å². The van der Waals surface area contributed by atoms with E-state index >= 15 is 0 Å². The smallest absolute Gasteiger partial charge is 0.308 e. The van der Waals surface area contributed by atoms with Gasteiger partial charge in [0.25, 0.3) is 11.8 Å². The molecule has 5 aliphatic carbocycles. The number of hydrogen-bond donors (Lipinski definition) is 2. The first-order chi connectivity index (χ1) is 19.7. The molecule has 5 saturated carbocycles. The zero-order valence-electron chi connectivity index (χ0n) is 24.4. The third kappa shape index (κ3) is 6.13. The lowest BCUT2D eigenvalue weighted by molar-refractivity contribution is -0.149. The Balaban J connectivity index is 1.16. The summed E-state index contributed by atoms with van der Waals surface area (Å²) in [5.41, 5.74) is -0.894. The monoisotopic (exact) mass is 587 g/mol. The van der Waals surface area contributed by atoms with Crippen LogP contribution in [0.3, 0.4) is 0 Å². The van der Waals surface area contributed by atoms with Gasteiger partial charge in [-0.2, -0.15) is 0 Å². The zero-order chi connectivity index (χ0) is 28.7. The van der Waals surface area contributed by atoms with Gasteiger partial charge in [0, 0.05) is 24.4 Å². The molecule has 1 atom stereocenters. The number of likely N-dealkylation sites (tertiary alicyclic amines) is 1. The van der Waals surface area contributed by atoms with Crippen molar-refractivity contribution in [3.63, 3.8) is 0 Å². The Kier molecular flexibility index (Phi) is 8.31. The summed E-state index contributed by atoms with van der Waals surface area (Å²) >= 11 is 1.63. The van der Waals surface area contributed by atoms with Crippen LogP contribution in [0.25, 0.3) is 0 Å². The summed E-state index contributed by atoms with van der Waals surface area (Å²) in [7, 11) is 0. The molecule has 1 aliphatic heterocycles. The third-order valence-corrected chi connectivity index (χ3v) is 11.8. The van der Waals surface area contributed by atoms with Crippen LogP contribution in [0, 0.1) is 35.0 Å². The lowest BCUT2D eigenvalue weighted by Crippen LogP contribution is -2.55. The summed E-state index contributed by atoms with van der Waals surface area (Å²) in [5.74, 6) is 1.57. The number of amides is 2. The van der Waals surface area contributed by atoms with E-state index in [2.05, 4.69) is 10.5 Å². The molecule has 7 rings (SSSR count). The van der Waals surface area contributed by atoms with Crippen LogP contribution in [-0.4, -0.2) is 63.9 Å². The van der Waals surface area contributed by atoms with Gasteiger partial charge in [-0.25, -0.2) is 0 Å². The van der Waals surface area contributed by atoms with Crippen LogP contribution < -0.4 is 10.1 Å². The largest absolute Gasteiger partial charge is 0.481 e. The average Bonchev–Trinajstić information content (AvgIpc) is 3.36. The molecule has 1 unspecified atom stereocenters. The quantitative estimate of drug-likeness (QED) is 0.395. The molecule has 10 heteroatoms. The van der Waals surface area contributed by atoms with E-state index in [1.807, 2.05) is 13.8 Å². The summed E-state index contributed by atoms with van der Waals surface area (Å²) in [4.78, 5) is 40.9. The van der Waals surface area contributed by atoms with Crippen LogP contribution in [0.5, 0.6) is 5.88 Å². The van der Waals surface area contributed by atoms with Crippen LogP contribution in [0.15, 0.2) is 9.42 Å². The first-order valence-corrected chi connectivity index (χ1v) is 16.7. The fourth-order valence-electron chi connectivity index (χ4n) is 8.44. The second kappa shape index (κ2) is 11.8. The van der Waals surface area contributed by atoms with Crippen molar-refractivity contribution in [1.29, 1.82) is 0 Å². The minimum Gasteiger partial charge on any atom is -0.481 e. The Hall–Kier alpha value is -2.23. The van der Waals surface area contributed by atoms with Crippen molar-refractivity contribution in [2.24, 2.45) is 35.0 Å². The van der Waals surface area contributed by atoms with Crippen molar-refractivity contribution >= 4 is 29.5 Å². The number of nitrogens with one attached hydrogen (secondary N) is 1. The molecule has 0 aromatic carbocycles. The molecule has 0 spiro atoms. The Morgan fingerprint density at radius 2 is 1.71 bits per heavy atom. The Morgan fingerprint density at radius 1 is 1.02 bits per heavy atom. The van der Waals surface area contributed by atoms with Crippen LogP contribution in [0.2, 0.25) is 0 Å². The van der Waals surface area contributed by atoms with E-state index in [1.165, 1.54) is 51.4 Å². The molecule has 9 nitrogen and oxygen atoms in total. The molecule has 2 heterocycles. The standard InChI is InChI=1S/C31H45N3O6S/c1-31(2,30(38)34-10-6-7-20(16-34)29(36)37)17-39-28-26(41-23-8-4-3-5-9-23)25(40-33-28)27(35)32-24-21-12-18-11-19(14-21)15-22(24)13-18/h18-24H,3-17H2,1-2H3,(H,32,35)(H,36,37). The molecule has 226 valence electrons. The van der Waals surface area contributed by atoms with Gasteiger partial charge in [-0.3, -0.25) is 14.4 Å². The van der Waals surface area contributed by atoms with Crippen LogP contribution >= 0.6 is 11.8 Å². The number of nitrogens with zero attached hydrogens (tertiary/aromatic N) is 2. The van der Waals surface area contributed by atoms with Gasteiger partial charge < -0.3 is 24.6 Å². The maximum absolute atomic E-state index is 13.7. The highest BCUT2D eigenvalue weighted by Crippen LogP contribution is 2.54. The van der Waals surface area contributed by atoms with E-state index in [4.69, 9.17) is 9.26 Å². The summed E-state index contributed by atoms with van der Waals surface area (Å²) < 4.78 is 11.9. The van der Waals surface area contributed by atoms with E-state index in [0.717, 1.165) is 24.7 Å². The number of carbonyl (C=O) groups is 3. The SMILES string of the molecule is CC(C)(COc1noc(C(=O)NC2C3CC4CC(C3)CC2C4)c1SC1CCCCC1)C(=O)N1CCCC(C(=O)O)C1. The number of aliphatic carboxylic acids is 1. The molecule has 1 aromatic rings. The first kappa shape index (κ1) is 28.9. The van der Waals surface area contributed by atoms with Gasteiger partial charge in [-0.1, -0.05) is 19.3 Å². The van der Waals surface area contributed by atoms with Crippen molar-refractivity contribution in [2.45, 2.75) is 107 Å². The number of ether oxygens (including phenoxy) is 1. The Labute approximate surface area is 246 Å². The highest BCUT2D eigenvalue weighted by atomic mass is 32.2. The maximum Gasteiger partial charge on any atom is 0.308 e. The molecule has 0 radical (unpaired) electrons. The van der Waals surface area contributed by atoms with Gasteiger partial charge in [0.1, 0.15) is 11.5 Å². The number of carbonyl (C=O) groups excluding carboxylic acids is 2. The minimum absolute atomic E-state index is 0.0570. The number of carboxylic acids is 1. The van der Waals surface area contributed by atoms with Gasteiger partial charge >= 0.3 is 5.97 Å². The van der Waals surface area contributed by atoms with E-state index in [1.54, 1.807) is 16.7 Å². The fourth-order valence-corrected chi connectivity index (χ4v) is 9.77. The molecule has 4 bridgehead atoms. The summed E-state index contributed by atoms with van der Waals surface area (Å²) in [6, 6.07) is 0.202. The number of hydrogen-bond acceptors (Lipinski definition) is 7. The van der Waals surface area contributed by atoms with Crippen LogP contribution in [0.1, 0.15) is 101 Å². The normalized spacial score (nSPS) is 31.7. The molecule has 6 aliphatic rings. The summed E-state index contributed by atoms with van der Waals surface area (Å²) in [6.07, 6.45) is 13.3. The fraction of sp³-hybridized carbons (Fsp3) is 0.806. The summed E-state index contributed by atoms with van der Waals surface area (Å²) in [5, 5.41) is 17.4. The molecular formula is C31H45N3O6S. The van der Waals surface area contributed by atoms with Crippen LogP contribution in [0.4, 0.5) is 0 Å². The van der Waals surface area contributed by atoms with Gasteiger partial charge in [-0.05, 0) is 100 Å². The topological polar surface area (TPSA) is 122 Å². The molecule has 41 heavy (non-hydrogen) atoms. The lowest BCUT2D eigenvalue weighted by atomic mass is 9.54. The van der Waals surface area contributed by atoms with E-state index in [-0.39, 0.29) is 42.6 Å². The average molecular weight is 588 g/mol. The molecule has 2 amide bonds. The van der Waals surface area contributed by atoms with Gasteiger partial charge in [0.05, 0.1) is 11.3 Å². The van der Waals surface area contributed by atoms with Gasteiger partial charge in [0.2, 0.25) is 11.7 Å². The van der Waals surface area contributed by atoms with E-state index in [0.29, 0.717) is 41.4 Å². The summed E-state index contributed by atoms with van der Waals surface area (Å²) in [6.45, 7) is 4.45. The van der Waals surface area contributed by atoms with Crippen LogP contribution in [-0.2, 0) is 9.59 Å². The van der Waals surface area contributed by atoms with Crippen molar-refractivity contribution < 1.29 is 28.8 Å². The molecule has 6 fully saturated rings. The number of carboxylic acid groups (broad SMARTS) is 1. The molecule has 2 N–H and O–H groups in total. The Bertz CT molecular complexity index is 1120. The predicted molar refractivity (Wildman–Crippen MR) is 154 cm³/mol. The highest BCUT2D eigenvalue weighted by Gasteiger charge is 2.49. The molecule has 1 saturated heterocycles.